The molecule has 2 N–H and O–H groups in total. The predicted octanol–water partition coefficient (Wildman–Crippen LogP) is 3.82. The number of halogens is 4. The number of hydrogen-bond donors (Lipinski definition) is 2. The standard InChI is InChI=1S/C18H17ClF3N3O3/c19-13-5-3-12(4-6-13)17(27)23-9-1-2-15(26)25-14-7-8-16(24-10-14)28-11-18(20,21)22/h3-8,10H,1-2,9,11H2,(H,23,27)(H,25,26). The van der Waals surface area contributed by atoms with Crippen LogP contribution in [0.3, 0.4) is 0 Å². The van der Waals surface area contributed by atoms with E-state index in [9.17, 15) is 22.8 Å². The van der Waals surface area contributed by atoms with Gasteiger partial charge >= 0.3 is 6.18 Å². The molecule has 2 rings (SSSR count). The quantitative estimate of drug-likeness (QED) is 0.642. The van der Waals surface area contributed by atoms with Crippen molar-refractivity contribution in [3.63, 3.8) is 0 Å². The fraction of sp³-hybridized carbons (Fsp3) is 0.278. The molecule has 0 saturated carbocycles. The van der Waals surface area contributed by atoms with Crippen LogP contribution in [0, 0.1) is 0 Å². The summed E-state index contributed by atoms with van der Waals surface area (Å²) in [5.74, 6) is -0.776. The molecule has 0 fully saturated rings. The summed E-state index contributed by atoms with van der Waals surface area (Å²) in [7, 11) is 0. The van der Waals surface area contributed by atoms with E-state index in [2.05, 4.69) is 20.4 Å². The Morgan fingerprint density at radius 3 is 2.43 bits per heavy atom. The van der Waals surface area contributed by atoms with Crippen molar-refractivity contribution in [1.29, 1.82) is 0 Å². The molecular weight excluding hydrogens is 399 g/mol. The van der Waals surface area contributed by atoms with E-state index < -0.39 is 12.8 Å². The molecule has 1 aromatic carbocycles. The first kappa shape index (κ1) is 21.5. The highest BCUT2D eigenvalue weighted by molar-refractivity contribution is 6.30. The van der Waals surface area contributed by atoms with E-state index in [1.54, 1.807) is 24.3 Å². The summed E-state index contributed by atoms with van der Waals surface area (Å²) >= 11 is 5.75. The van der Waals surface area contributed by atoms with Crippen LogP contribution in [-0.4, -0.2) is 36.1 Å². The number of nitrogens with one attached hydrogen (secondary N) is 2. The second-order valence-corrected chi connectivity index (χ2v) is 6.14. The van der Waals surface area contributed by atoms with Crippen molar-refractivity contribution in [3.8, 4) is 5.88 Å². The van der Waals surface area contributed by atoms with Crippen molar-refractivity contribution in [2.24, 2.45) is 0 Å². The number of pyridine rings is 1. The molecule has 10 heteroatoms. The first-order chi connectivity index (χ1) is 13.2. The lowest BCUT2D eigenvalue weighted by molar-refractivity contribution is -0.154. The largest absolute Gasteiger partial charge is 0.468 e. The number of alkyl halides is 3. The summed E-state index contributed by atoms with van der Waals surface area (Å²) in [6, 6.07) is 9.03. The summed E-state index contributed by atoms with van der Waals surface area (Å²) < 4.78 is 40.7. The smallest absolute Gasteiger partial charge is 0.422 e. The van der Waals surface area contributed by atoms with Gasteiger partial charge in [-0.2, -0.15) is 13.2 Å². The number of aromatic nitrogens is 1. The first-order valence-corrected chi connectivity index (χ1v) is 8.60. The zero-order valence-corrected chi connectivity index (χ0v) is 15.3. The molecule has 0 bridgehead atoms. The lowest BCUT2D eigenvalue weighted by Gasteiger charge is -2.09. The molecule has 0 radical (unpaired) electrons. The summed E-state index contributed by atoms with van der Waals surface area (Å²) in [5, 5.41) is 5.78. The minimum Gasteiger partial charge on any atom is -0.468 e. The Morgan fingerprint density at radius 2 is 1.82 bits per heavy atom. The Kier molecular flexibility index (Phi) is 7.62. The third-order valence-electron chi connectivity index (χ3n) is 3.38. The van der Waals surface area contributed by atoms with Crippen LogP contribution < -0.4 is 15.4 Å². The van der Waals surface area contributed by atoms with Gasteiger partial charge in [0.2, 0.25) is 11.8 Å². The van der Waals surface area contributed by atoms with Crippen LogP contribution in [0.4, 0.5) is 18.9 Å². The summed E-state index contributed by atoms with van der Waals surface area (Å²) in [5.41, 5.74) is 0.794. The van der Waals surface area contributed by atoms with E-state index in [1.807, 2.05) is 0 Å². The number of rotatable bonds is 8. The van der Waals surface area contributed by atoms with Crippen molar-refractivity contribution < 1.29 is 27.5 Å². The average Bonchev–Trinajstić information content (AvgIpc) is 2.64. The molecule has 0 aliphatic carbocycles. The van der Waals surface area contributed by atoms with Gasteiger partial charge < -0.3 is 15.4 Å². The van der Waals surface area contributed by atoms with E-state index in [-0.39, 0.29) is 24.1 Å². The molecule has 1 aromatic heterocycles. The summed E-state index contributed by atoms with van der Waals surface area (Å²) in [4.78, 5) is 27.4. The van der Waals surface area contributed by atoms with Gasteiger partial charge in [-0.15, -0.1) is 0 Å². The van der Waals surface area contributed by atoms with E-state index in [4.69, 9.17) is 11.6 Å². The molecule has 28 heavy (non-hydrogen) atoms. The van der Waals surface area contributed by atoms with Gasteiger partial charge in [0.25, 0.3) is 5.91 Å². The van der Waals surface area contributed by atoms with Gasteiger partial charge in [0.1, 0.15) is 0 Å². The molecule has 2 amide bonds. The Morgan fingerprint density at radius 1 is 1.11 bits per heavy atom. The van der Waals surface area contributed by atoms with E-state index in [0.29, 0.717) is 29.2 Å². The Labute approximate surface area is 164 Å². The van der Waals surface area contributed by atoms with Gasteiger partial charge in [0.05, 0.1) is 11.9 Å². The van der Waals surface area contributed by atoms with Gasteiger partial charge in [-0.3, -0.25) is 9.59 Å². The van der Waals surface area contributed by atoms with E-state index in [0.717, 1.165) is 0 Å². The second kappa shape index (κ2) is 9.93. The third kappa shape index (κ3) is 7.83. The molecule has 0 saturated heterocycles. The van der Waals surface area contributed by atoms with Gasteiger partial charge in [-0.05, 0) is 36.8 Å². The molecule has 0 spiro atoms. The molecule has 0 unspecified atom stereocenters. The summed E-state index contributed by atoms with van der Waals surface area (Å²) in [6.07, 6.45) is -2.69. The lowest BCUT2D eigenvalue weighted by Crippen LogP contribution is -2.25. The Bertz CT molecular complexity index is 796. The zero-order valence-electron chi connectivity index (χ0n) is 14.6. The average molecular weight is 416 g/mol. The van der Waals surface area contributed by atoms with Crippen LogP contribution in [0.15, 0.2) is 42.6 Å². The molecule has 2 aromatic rings. The highest BCUT2D eigenvalue weighted by Gasteiger charge is 2.28. The third-order valence-corrected chi connectivity index (χ3v) is 3.63. The maximum Gasteiger partial charge on any atom is 0.422 e. The highest BCUT2D eigenvalue weighted by atomic mass is 35.5. The fourth-order valence-electron chi connectivity index (χ4n) is 2.07. The van der Waals surface area contributed by atoms with E-state index >= 15 is 0 Å². The van der Waals surface area contributed by atoms with Crippen molar-refractivity contribution >= 4 is 29.1 Å². The van der Waals surface area contributed by atoms with Crippen molar-refractivity contribution in [2.75, 3.05) is 18.5 Å². The van der Waals surface area contributed by atoms with Gasteiger partial charge in [-0.25, -0.2) is 4.98 Å². The maximum absolute atomic E-state index is 12.1. The summed E-state index contributed by atoms with van der Waals surface area (Å²) in [6.45, 7) is -1.13. The van der Waals surface area contributed by atoms with Crippen molar-refractivity contribution in [1.82, 2.24) is 10.3 Å². The van der Waals surface area contributed by atoms with Crippen LogP contribution in [0.1, 0.15) is 23.2 Å². The number of benzene rings is 1. The number of anilines is 1. The molecule has 150 valence electrons. The number of carbonyl (C=O) groups is 2. The molecule has 0 aliphatic heterocycles. The number of amides is 2. The van der Waals surface area contributed by atoms with Crippen LogP contribution in [0.25, 0.3) is 0 Å². The number of hydrogen-bond acceptors (Lipinski definition) is 4. The zero-order chi connectivity index (χ0) is 20.6. The van der Waals surface area contributed by atoms with Crippen LogP contribution in [0.2, 0.25) is 5.02 Å². The van der Waals surface area contributed by atoms with Crippen LogP contribution in [-0.2, 0) is 4.79 Å². The van der Waals surface area contributed by atoms with Crippen LogP contribution >= 0.6 is 11.6 Å². The fourth-order valence-corrected chi connectivity index (χ4v) is 2.20. The highest BCUT2D eigenvalue weighted by Crippen LogP contribution is 2.18. The van der Waals surface area contributed by atoms with Crippen molar-refractivity contribution in [3.05, 3.63) is 53.2 Å². The Balaban J connectivity index is 1.68. The minimum atomic E-state index is -4.45. The minimum absolute atomic E-state index is 0.146. The lowest BCUT2D eigenvalue weighted by atomic mass is 10.2. The topological polar surface area (TPSA) is 80.3 Å². The SMILES string of the molecule is O=C(CCCNC(=O)c1ccc(Cl)cc1)Nc1ccc(OCC(F)(F)F)nc1. The second-order valence-electron chi connectivity index (χ2n) is 5.70. The number of nitrogens with zero attached hydrogens (tertiary/aromatic N) is 1. The van der Waals surface area contributed by atoms with Crippen LogP contribution in [0.5, 0.6) is 5.88 Å². The van der Waals surface area contributed by atoms with Crippen molar-refractivity contribution in [2.45, 2.75) is 19.0 Å². The molecule has 1 heterocycles. The molecule has 0 aliphatic rings. The van der Waals surface area contributed by atoms with Gasteiger partial charge in [0, 0.05) is 29.6 Å². The monoisotopic (exact) mass is 415 g/mol. The molecular formula is C18H17ClF3N3O3. The number of carbonyl (C=O) groups excluding carboxylic acids is 2. The molecule has 6 nitrogen and oxygen atoms in total. The maximum atomic E-state index is 12.1. The normalized spacial score (nSPS) is 11.0. The van der Waals surface area contributed by atoms with Gasteiger partial charge in [0.15, 0.2) is 6.61 Å². The molecule has 0 atom stereocenters. The van der Waals surface area contributed by atoms with Gasteiger partial charge in [-0.1, -0.05) is 11.6 Å². The Hall–Kier alpha value is -2.81. The predicted molar refractivity (Wildman–Crippen MR) is 97.4 cm³/mol. The first-order valence-electron chi connectivity index (χ1n) is 8.22. The van der Waals surface area contributed by atoms with E-state index in [1.165, 1.54) is 18.3 Å². The number of ether oxygens (including phenoxy) is 1.